The molecular formula is C17H20ClFN2. The predicted octanol–water partition coefficient (Wildman–Crippen LogP) is 3.79. The summed E-state index contributed by atoms with van der Waals surface area (Å²) in [5, 5.41) is 0.450. The molecule has 0 aliphatic heterocycles. The molecule has 0 saturated carbocycles. The van der Waals surface area contributed by atoms with E-state index in [4.69, 9.17) is 17.4 Å². The Kier molecular flexibility index (Phi) is 5.74. The van der Waals surface area contributed by atoms with Gasteiger partial charge < -0.3 is 0 Å². The van der Waals surface area contributed by atoms with Gasteiger partial charge in [0.2, 0.25) is 0 Å². The van der Waals surface area contributed by atoms with Crippen molar-refractivity contribution < 1.29 is 4.39 Å². The lowest BCUT2D eigenvalue weighted by Gasteiger charge is -2.17. The van der Waals surface area contributed by atoms with Crippen LogP contribution in [-0.4, -0.2) is 6.04 Å². The molecule has 2 rings (SSSR count). The van der Waals surface area contributed by atoms with Gasteiger partial charge in [-0.15, -0.1) is 0 Å². The fraction of sp³-hybridized carbons (Fsp3) is 0.294. The van der Waals surface area contributed by atoms with Crippen LogP contribution in [0.2, 0.25) is 5.02 Å². The molecule has 0 aliphatic carbocycles. The number of halogens is 2. The smallest absolute Gasteiger partial charge is 0.124 e. The van der Waals surface area contributed by atoms with Crippen LogP contribution in [0.15, 0.2) is 42.5 Å². The van der Waals surface area contributed by atoms with Crippen LogP contribution in [0.4, 0.5) is 4.39 Å². The molecule has 2 aromatic rings. The zero-order valence-corrected chi connectivity index (χ0v) is 12.8. The Morgan fingerprint density at radius 3 is 2.62 bits per heavy atom. The number of hydrogen-bond donors (Lipinski definition) is 2. The normalized spacial score (nSPS) is 12.4. The van der Waals surface area contributed by atoms with Gasteiger partial charge in [-0.05, 0) is 55.0 Å². The molecule has 21 heavy (non-hydrogen) atoms. The van der Waals surface area contributed by atoms with E-state index in [1.54, 1.807) is 6.07 Å². The van der Waals surface area contributed by atoms with Gasteiger partial charge in [0.15, 0.2) is 0 Å². The van der Waals surface area contributed by atoms with Crippen LogP contribution >= 0.6 is 11.6 Å². The molecule has 112 valence electrons. The van der Waals surface area contributed by atoms with Crippen molar-refractivity contribution in [2.24, 2.45) is 5.84 Å². The molecule has 0 aromatic heterocycles. The summed E-state index contributed by atoms with van der Waals surface area (Å²) < 4.78 is 13.1. The van der Waals surface area contributed by atoms with Crippen LogP contribution in [0.5, 0.6) is 0 Å². The third-order valence-corrected chi connectivity index (χ3v) is 4.09. The molecule has 0 saturated heterocycles. The maximum Gasteiger partial charge on any atom is 0.124 e. The molecule has 0 fully saturated rings. The van der Waals surface area contributed by atoms with E-state index < -0.39 is 0 Å². The lowest BCUT2D eigenvalue weighted by molar-refractivity contribution is 0.490. The summed E-state index contributed by atoms with van der Waals surface area (Å²) in [6, 6.07) is 12.9. The van der Waals surface area contributed by atoms with Crippen molar-refractivity contribution in [2.75, 3.05) is 0 Å². The van der Waals surface area contributed by atoms with Crippen molar-refractivity contribution in [1.82, 2.24) is 5.43 Å². The summed E-state index contributed by atoms with van der Waals surface area (Å²) in [7, 11) is 0. The minimum Gasteiger partial charge on any atom is -0.271 e. The Bertz CT molecular complexity index is 601. The van der Waals surface area contributed by atoms with E-state index in [2.05, 4.69) is 24.5 Å². The highest BCUT2D eigenvalue weighted by atomic mass is 35.5. The maximum atomic E-state index is 13.1. The van der Waals surface area contributed by atoms with Crippen LogP contribution in [0.25, 0.3) is 0 Å². The molecule has 1 unspecified atom stereocenters. The summed E-state index contributed by atoms with van der Waals surface area (Å²) in [5.41, 5.74) is 6.35. The van der Waals surface area contributed by atoms with Gasteiger partial charge in [0.1, 0.15) is 5.82 Å². The van der Waals surface area contributed by atoms with Gasteiger partial charge in [0.05, 0.1) is 0 Å². The van der Waals surface area contributed by atoms with Crippen molar-refractivity contribution in [1.29, 1.82) is 0 Å². The SMILES string of the molecule is Cc1ccccc1CCC(Cc1ccc(F)cc1Cl)NN. The van der Waals surface area contributed by atoms with E-state index in [0.717, 1.165) is 18.4 Å². The molecule has 0 spiro atoms. The van der Waals surface area contributed by atoms with Gasteiger partial charge in [-0.25, -0.2) is 4.39 Å². The highest BCUT2D eigenvalue weighted by Crippen LogP contribution is 2.20. The second kappa shape index (κ2) is 7.55. The van der Waals surface area contributed by atoms with Crippen molar-refractivity contribution in [3.63, 3.8) is 0 Å². The van der Waals surface area contributed by atoms with E-state index in [1.807, 2.05) is 12.1 Å². The summed E-state index contributed by atoms with van der Waals surface area (Å²) in [4.78, 5) is 0. The van der Waals surface area contributed by atoms with Crippen molar-refractivity contribution in [3.8, 4) is 0 Å². The molecule has 2 nitrogen and oxygen atoms in total. The summed E-state index contributed by atoms with van der Waals surface area (Å²) >= 11 is 6.06. The summed E-state index contributed by atoms with van der Waals surface area (Å²) in [6.45, 7) is 2.11. The topological polar surface area (TPSA) is 38.0 Å². The zero-order valence-electron chi connectivity index (χ0n) is 12.1. The number of nitrogens with two attached hydrogens (primary N) is 1. The average Bonchev–Trinajstić information content (AvgIpc) is 2.47. The zero-order chi connectivity index (χ0) is 15.2. The van der Waals surface area contributed by atoms with Crippen LogP contribution in [-0.2, 0) is 12.8 Å². The Labute approximate surface area is 130 Å². The highest BCUT2D eigenvalue weighted by Gasteiger charge is 2.11. The molecule has 0 amide bonds. The number of rotatable bonds is 6. The minimum atomic E-state index is -0.319. The van der Waals surface area contributed by atoms with Crippen molar-refractivity contribution in [2.45, 2.75) is 32.2 Å². The standard InChI is InChI=1S/C17H20ClFN2/c1-12-4-2-3-5-13(12)7-9-16(21-20)10-14-6-8-15(19)11-17(14)18/h2-6,8,11,16,21H,7,9-10,20H2,1H3. The molecule has 0 heterocycles. The maximum absolute atomic E-state index is 13.1. The first-order valence-electron chi connectivity index (χ1n) is 7.04. The first-order chi connectivity index (χ1) is 10.1. The van der Waals surface area contributed by atoms with Gasteiger partial charge in [0, 0.05) is 11.1 Å². The van der Waals surface area contributed by atoms with Gasteiger partial charge in [-0.1, -0.05) is 41.9 Å². The van der Waals surface area contributed by atoms with E-state index in [9.17, 15) is 4.39 Å². The van der Waals surface area contributed by atoms with Crippen LogP contribution < -0.4 is 11.3 Å². The number of benzene rings is 2. The Morgan fingerprint density at radius 1 is 1.19 bits per heavy atom. The van der Waals surface area contributed by atoms with Gasteiger partial charge in [-0.3, -0.25) is 11.3 Å². The highest BCUT2D eigenvalue weighted by molar-refractivity contribution is 6.31. The van der Waals surface area contributed by atoms with Crippen LogP contribution in [0.3, 0.4) is 0 Å². The first kappa shape index (κ1) is 16.0. The van der Waals surface area contributed by atoms with Crippen molar-refractivity contribution >= 4 is 11.6 Å². The van der Waals surface area contributed by atoms with E-state index >= 15 is 0 Å². The average molecular weight is 307 g/mol. The van der Waals surface area contributed by atoms with Gasteiger partial charge >= 0.3 is 0 Å². The van der Waals surface area contributed by atoms with E-state index in [-0.39, 0.29) is 11.9 Å². The monoisotopic (exact) mass is 306 g/mol. The molecule has 0 bridgehead atoms. The Morgan fingerprint density at radius 2 is 1.95 bits per heavy atom. The van der Waals surface area contributed by atoms with Gasteiger partial charge in [0.25, 0.3) is 0 Å². The lowest BCUT2D eigenvalue weighted by Crippen LogP contribution is -2.37. The van der Waals surface area contributed by atoms with E-state index in [1.165, 1.54) is 23.3 Å². The molecule has 2 aromatic carbocycles. The van der Waals surface area contributed by atoms with Gasteiger partial charge in [-0.2, -0.15) is 0 Å². The van der Waals surface area contributed by atoms with Crippen LogP contribution in [0.1, 0.15) is 23.1 Å². The Hall–Kier alpha value is -1.42. The Balaban J connectivity index is 1.99. The molecule has 0 radical (unpaired) electrons. The number of hydrogen-bond acceptors (Lipinski definition) is 2. The van der Waals surface area contributed by atoms with Crippen molar-refractivity contribution in [3.05, 3.63) is 70.0 Å². The quantitative estimate of drug-likeness (QED) is 0.629. The van der Waals surface area contributed by atoms with E-state index in [0.29, 0.717) is 11.4 Å². The third kappa shape index (κ3) is 4.53. The molecular weight excluding hydrogens is 287 g/mol. The molecule has 4 heteroatoms. The third-order valence-electron chi connectivity index (χ3n) is 3.74. The largest absolute Gasteiger partial charge is 0.271 e. The number of hydrazine groups is 1. The van der Waals surface area contributed by atoms with Crippen LogP contribution in [0, 0.1) is 12.7 Å². The fourth-order valence-electron chi connectivity index (χ4n) is 2.42. The second-order valence-corrected chi connectivity index (χ2v) is 5.68. The molecule has 0 aliphatic rings. The molecule has 3 N–H and O–H groups in total. The lowest BCUT2D eigenvalue weighted by atomic mass is 9.97. The number of nitrogens with one attached hydrogen (secondary N) is 1. The first-order valence-corrected chi connectivity index (χ1v) is 7.42. The second-order valence-electron chi connectivity index (χ2n) is 5.27. The fourth-order valence-corrected chi connectivity index (χ4v) is 2.66. The predicted molar refractivity (Wildman–Crippen MR) is 85.7 cm³/mol. The molecule has 1 atom stereocenters. The summed E-state index contributed by atoms with van der Waals surface area (Å²) in [5.74, 6) is 5.32. The summed E-state index contributed by atoms with van der Waals surface area (Å²) in [6.07, 6.45) is 2.52. The number of aryl methyl sites for hydroxylation is 2. The minimum absolute atomic E-state index is 0.104.